The van der Waals surface area contributed by atoms with Gasteiger partial charge in [-0.25, -0.2) is 0 Å². The molecule has 0 aromatic carbocycles. The summed E-state index contributed by atoms with van der Waals surface area (Å²) in [6.45, 7) is 6.93. The number of hydrogen-bond donors (Lipinski definition) is 0. The second-order valence-corrected chi connectivity index (χ2v) is 4.80. The van der Waals surface area contributed by atoms with Crippen molar-refractivity contribution in [3.63, 3.8) is 0 Å². The first-order valence-corrected chi connectivity index (χ1v) is 6.32. The summed E-state index contributed by atoms with van der Waals surface area (Å²) in [5.74, 6) is 0.963. The maximum atomic E-state index is 12.1. The van der Waals surface area contributed by atoms with Crippen LogP contribution < -0.4 is 0 Å². The molecule has 0 amide bonds. The molecule has 1 saturated carbocycles. The number of ketones is 1. The van der Waals surface area contributed by atoms with Crippen molar-refractivity contribution < 1.29 is 9.53 Å². The van der Waals surface area contributed by atoms with Crippen LogP contribution in [-0.2, 0) is 9.53 Å². The molecule has 1 rings (SSSR count). The lowest BCUT2D eigenvalue weighted by molar-refractivity contribution is -0.151. The molecule has 0 heterocycles. The third-order valence-electron chi connectivity index (χ3n) is 3.36. The fraction of sp³-hybridized carbons (Fsp3) is 0.923. The Balaban J connectivity index is 2.72. The van der Waals surface area contributed by atoms with Crippen LogP contribution >= 0.6 is 0 Å². The quantitative estimate of drug-likeness (QED) is 0.698. The van der Waals surface area contributed by atoms with Gasteiger partial charge in [0.05, 0.1) is 0 Å². The van der Waals surface area contributed by atoms with Crippen LogP contribution in [0.25, 0.3) is 0 Å². The second-order valence-electron chi connectivity index (χ2n) is 4.80. The number of rotatable bonds is 5. The first-order valence-electron chi connectivity index (χ1n) is 6.32. The highest BCUT2D eigenvalue weighted by Gasteiger charge is 2.41. The summed E-state index contributed by atoms with van der Waals surface area (Å²) < 4.78 is 5.81. The van der Waals surface area contributed by atoms with Gasteiger partial charge in [0.15, 0.2) is 5.78 Å². The fourth-order valence-corrected chi connectivity index (χ4v) is 2.70. The summed E-state index contributed by atoms with van der Waals surface area (Å²) in [4.78, 5) is 12.1. The van der Waals surface area contributed by atoms with E-state index in [1.165, 1.54) is 6.42 Å². The number of carbonyl (C=O) groups is 1. The van der Waals surface area contributed by atoms with Crippen LogP contribution in [0.15, 0.2) is 0 Å². The molecule has 0 aromatic heterocycles. The van der Waals surface area contributed by atoms with Gasteiger partial charge in [-0.05, 0) is 38.5 Å². The summed E-state index contributed by atoms with van der Waals surface area (Å²) in [5.41, 5.74) is -0.428. The van der Waals surface area contributed by atoms with Crippen molar-refractivity contribution in [1.82, 2.24) is 0 Å². The fourth-order valence-electron chi connectivity index (χ4n) is 2.70. The molecule has 2 unspecified atom stereocenters. The van der Waals surface area contributed by atoms with Crippen molar-refractivity contribution in [2.45, 2.75) is 64.9 Å². The van der Waals surface area contributed by atoms with Crippen LogP contribution in [0.4, 0.5) is 0 Å². The number of ether oxygens (including phenoxy) is 1. The Hall–Kier alpha value is -0.370. The SMILES string of the molecule is CCCC(=O)C1(OCC)CCCC(C)C1. The zero-order chi connectivity index (χ0) is 11.3. The van der Waals surface area contributed by atoms with Gasteiger partial charge in [0, 0.05) is 13.0 Å². The van der Waals surface area contributed by atoms with E-state index in [2.05, 4.69) is 13.8 Å². The molecular weight excluding hydrogens is 188 g/mol. The highest BCUT2D eigenvalue weighted by molar-refractivity contribution is 5.87. The Morgan fingerprint density at radius 3 is 2.73 bits per heavy atom. The first kappa shape index (κ1) is 12.7. The van der Waals surface area contributed by atoms with Crippen molar-refractivity contribution in [3.05, 3.63) is 0 Å². The van der Waals surface area contributed by atoms with Gasteiger partial charge in [0.2, 0.25) is 0 Å². The summed E-state index contributed by atoms with van der Waals surface area (Å²) in [5, 5.41) is 0. The van der Waals surface area contributed by atoms with E-state index in [1.54, 1.807) is 0 Å². The van der Waals surface area contributed by atoms with E-state index in [-0.39, 0.29) is 0 Å². The molecule has 0 N–H and O–H groups in total. The molecule has 0 radical (unpaired) electrons. The highest BCUT2D eigenvalue weighted by atomic mass is 16.5. The normalized spacial score (nSPS) is 31.5. The van der Waals surface area contributed by atoms with Crippen LogP contribution in [-0.4, -0.2) is 18.0 Å². The molecule has 88 valence electrons. The van der Waals surface area contributed by atoms with Crippen LogP contribution in [0.1, 0.15) is 59.3 Å². The van der Waals surface area contributed by atoms with E-state index in [4.69, 9.17) is 4.74 Å². The van der Waals surface area contributed by atoms with Gasteiger partial charge in [-0.1, -0.05) is 20.3 Å². The molecule has 0 saturated heterocycles. The predicted octanol–water partition coefficient (Wildman–Crippen LogP) is 3.34. The van der Waals surface area contributed by atoms with Crippen LogP contribution in [0.3, 0.4) is 0 Å². The van der Waals surface area contributed by atoms with E-state index in [1.807, 2.05) is 6.92 Å². The first-order chi connectivity index (χ1) is 7.14. The average Bonchev–Trinajstić information content (AvgIpc) is 2.18. The maximum Gasteiger partial charge on any atom is 0.164 e. The second kappa shape index (κ2) is 5.64. The summed E-state index contributed by atoms with van der Waals surface area (Å²) in [7, 11) is 0. The molecule has 2 atom stereocenters. The van der Waals surface area contributed by atoms with Gasteiger partial charge < -0.3 is 4.74 Å². The van der Waals surface area contributed by atoms with Gasteiger partial charge in [-0.3, -0.25) is 4.79 Å². The smallest absolute Gasteiger partial charge is 0.164 e. The Kier molecular flexibility index (Phi) is 4.78. The van der Waals surface area contributed by atoms with E-state index >= 15 is 0 Å². The Labute approximate surface area is 93.4 Å². The number of carbonyl (C=O) groups excluding carboxylic acids is 1. The van der Waals surface area contributed by atoms with Crippen molar-refractivity contribution >= 4 is 5.78 Å². The van der Waals surface area contributed by atoms with Crippen molar-refractivity contribution in [3.8, 4) is 0 Å². The molecule has 2 heteroatoms. The van der Waals surface area contributed by atoms with E-state index in [9.17, 15) is 4.79 Å². The zero-order valence-electron chi connectivity index (χ0n) is 10.3. The van der Waals surface area contributed by atoms with Crippen LogP contribution in [0.5, 0.6) is 0 Å². The number of hydrogen-bond acceptors (Lipinski definition) is 2. The van der Waals surface area contributed by atoms with Crippen molar-refractivity contribution in [1.29, 1.82) is 0 Å². The molecule has 0 aliphatic heterocycles. The highest BCUT2D eigenvalue weighted by Crippen LogP contribution is 2.36. The lowest BCUT2D eigenvalue weighted by Crippen LogP contribution is -2.45. The minimum Gasteiger partial charge on any atom is -0.367 e. The Bertz CT molecular complexity index is 209. The predicted molar refractivity (Wildman–Crippen MR) is 61.9 cm³/mol. The molecular formula is C13H24O2. The number of Topliss-reactive ketones (excluding diaryl/α,β-unsaturated/α-hetero) is 1. The summed E-state index contributed by atoms with van der Waals surface area (Å²) in [6.07, 6.45) is 5.85. The molecule has 0 bridgehead atoms. The summed E-state index contributed by atoms with van der Waals surface area (Å²) >= 11 is 0. The third-order valence-corrected chi connectivity index (χ3v) is 3.36. The molecule has 15 heavy (non-hydrogen) atoms. The third kappa shape index (κ3) is 3.04. The molecule has 1 aliphatic carbocycles. The average molecular weight is 212 g/mol. The van der Waals surface area contributed by atoms with Gasteiger partial charge >= 0.3 is 0 Å². The summed E-state index contributed by atoms with van der Waals surface area (Å²) in [6, 6.07) is 0. The zero-order valence-corrected chi connectivity index (χ0v) is 10.3. The van der Waals surface area contributed by atoms with Gasteiger partial charge in [-0.2, -0.15) is 0 Å². The molecule has 1 fully saturated rings. The standard InChI is InChI=1S/C13H24O2/c1-4-7-12(14)13(15-5-2)9-6-8-11(3)10-13/h11H,4-10H2,1-3H3. The lowest BCUT2D eigenvalue weighted by Gasteiger charge is -2.38. The minimum absolute atomic E-state index is 0.332. The van der Waals surface area contributed by atoms with Crippen molar-refractivity contribution in [2.75, 3.05) is 6.61 Å². The van der Waals surface area contributed by atoms with Gasteiger partial charge in [0.1, 0.15) is 5.60 Å². The topological polar surface area (TPSA) is 26.3 Å². The molecule has 1 aliphatic rings. The van der Waals surface area contributed by atoms with Crippen LogP contribution in [0, 0.1) is 5.92 Å². The van der Waals surface area contributed by atoms with Gasteiger partial charge in [-0.15, -0.1) is 0 Å². The minimum atomic E-state index is -0.428. The van der Waals surface area contributed by atoms with E-state index in [0.29, 0.717) is 24.7 Å². The Morgan fingerprint density at radius 1 is 1.47 bits per heavy atom. The van der Waals surface area contributed by atoms with E-state index in [0.717, 1.165) is 25.7 Å². The molecule has 2 nitrogen and oxygen atoms in total. The van der Waals surface area contributed by atoms with Crippen molar-refractivity contribution in [2.24, 2.45) is 5.92 Å². The van der Waals surface area contributed by atoms with E-state index < -0.39 is 5.60 Å². The van der Waals surface area contributed by atoms with Gasteiger partial charge in [0.25, 0.3) is 0 Å². The monoisotopic (exact) mass is 212 g/mol. The molecule has 0 aromatic rings. The largest absolute Gasteiger partial charge is 0.367 e. The Morgan fingerprint density at radius 2 is 2.20 bits per heavy atom. The maximum absolute atomic E-state index is 12.1. The molecule has 0 spiro atoms. The lowest BCUT2D eigenvalue weighted by atomic mass is 9.75. The van der Waals surface area contributed by atoms with Crippen LogP contribution in [0.2, 0.25) is 0 Å².